The maximum absolute atomic E-state index is 12.3. The van der Waals surface area contributed by atoms with Crippen molar-refractivity contribution in [2.75, 3.05) is 18.2 Å². The largest absolute Gasteiger partial charge is 0.452 e. The monoisotopic (exact) mass is 461 g/mol. The molecule has 0 spiro atoms. The Kier molecular flexibility index (Phi) is 6.47. The maximum Gasteiger partial charge on any atom is 0.338 e. The molecule has 1 aromatic heterocycles. The fourth-order valence-electron chi connectivity index (χ4n) is 2.95. The van der Waals surface area contributed by atoms with Gasteiger partial charge in [-0.25, -0.2) is 17.9 Å². The molecule has 0 bridgehead atoms. The van der Waals surface area contributed by atoms with E-state index in [1.807, 2.05) is 37.3 Å². The highest BCUT2D eigenvalue weighted by Gasteiger charge is 2.19. The van der Waals surface area contributed by atoms with Crippen molar-refractivity contribution in [2.24, 2.45) is 0 Å². The standard InChI is InChI=1S/C21H20ClN3O5S/c1-13-20(14(2)25(24-13)16-7-5-4-6-8-16)23-19(26)12-30-21(27)15-9-10-17(22)18(11-15)31(3,28)29/h4-11H,12H2,1-3H3,(H,23,26). The highest BCUT2D eigenvalue weighted by molar-refractivity contribution is 7.90. The van der Waals surface area contributed by atoms with Gasteiger partial charge in [0.15, 0.2) is 16.4 Å². The van der Waals surface area contributed by atoms with Gasteiger partial charge in [0.2, 0.25) is 0 Å². The van der Waals surface area contributed by atoms with Gasteiger partial charge < -0.3 is 10.1 Å². The molecule has 0 fully saturated rings. The molecule has 8 nitrogen and oxygen atoms in total. The first-order valence-corrected chi connectivity index (χ1v) is 11.4. The van der Waals surface area contributed by atoms with E-state index in [4.69, 9.17) is 16.3 Å². The molecular weight excluding hydrogens is 442 g/mol. The van der Waals surface area contributed by atoms with Gasteiger partial charge in [-0.2, -0.15) is 5.10 Å². The van der Waals surface area contributed by atoms with E-state index < -0.39 is 28.3 Å². The third kappa shape index (κ3) is 5.12. The number of hydrogen-bond acceptors (Lipinski definition) is 6. The van der Waals surface area contributed by atoms with Gasteiger partial charge in [-0.15, -0.1) is 0 Å². The first-order chi connectivity index (χ1) is 14.6. The molecule has 0 unspecified atom stereocenters. The van der Waals surface area contributed by atoms with Crippen molar-refractivity contribution in [2.45, 2.75) is 18.7 Å². The number of nitrogens with zero attached hydrogens (tertiary/aromatic N) is 2. The predicted molar refractivity (Wildman–Crippen MR) is 117 cm³/mol. The van der Waals surface area contributed by atoms with Gasteiger partial charge in [0.25, 0.3) is 5.91 Å². The topological polar surface area (TPSA) is 107 Å². The molecule has 2 aromatic carbocycles. The lowest BCUT2D eigenvalue weighted by molar-refractivity contribution is -0.119. The maximum atomic E-state index is 12.3. The van der Waals surface area contributed by atoms with Crippen molar-refractivity contribution >= 4 is 39.0 Å². The van der Waals surface area contributed by atoms with Crippen LogP contribution in [0.2, 0.25) is 5.02 Å². The van der Waals surface area contributed by atoms with Crippen LogP contribution >= 0.6 is 11.6 Å². The van der Waals surface area contributed by atoms with Crippen molar-refractivity contribution in [3.05, 3.63) is 70.5 Å². The number of benzene rings is 2. The minimum atomic E-state index is -3.62. The lowest BCUT2D eigenvalue weighted by Crippen LogP contribution is -2.21. The number of esters is 1. The molecule has 1 N–H and O–H groups in total. The fraction of sp³-hybridized carbons (Fsp3) is 0.190. The Morgan fingerprint density at radius 1 is 1.13 bits per heavy atom. The van der Waals surface area contributed by atoms with Gasteiger partial charge in [0.05, 0.1) is 38.2 Å². The van der Waals surface area contributed by atoms with Crippen molar-refractivity contribution in [1.29, 1.82) is 0 Å². The van der Waals surface area contributed by atoms with Crippen LogP contribution in [0.4, 0.5) is 5.69 Å². The number of amides is 1. The van der Waals surface area contributed by atoms with Gasteiger partial charge in [0, 0.05) is 6.26 Å². The predicted octanol–water partition coefficient (Wildman–Crippen LogP) is 3.34. The van der Waals surface area contributed by atoms with Crippen LogP contribution in [0.5, 0.6) is 0 Å². The van der Waals surface area contributed by atoms with Crippen LogP contribution < -0.4 is 5.32 Å². The summed E-state index contributed by atoms with van der Waals surface area (Å²) < 4.78 is 30.2. The van der Waals surface area contributed by atoms with Crippen molar-refractivity contribution in [3.8, 4) is 5.69 Å². The van der Waals surface area contributed by atoms with Crippen molar-refractivity contribution in [3.63, 3.8) is 0 Å². The quantitative estimate of drug-likeness (QED) is 0.564. The van der Waals surface area contributed by atoms with Gasteiger partial charge in [0.1, 0.15) is 0 Å². The summed E-state index contributed by atoms with van der Waals surface area (Å²) in [5, 5.41) is 7.14. The number of aromatic nitrogens is 2. The number of nitrogens with one attached hydrogen (secondary N) is 1. The molecule has 10 heteroatoms. The molecule has 3 aromatic rings. The summed E-state index contributed by atoms with van der Waals surface area (Å²) in [6.45, 7) is 3.02. The number of para-hydroxylation sites is 1. The number of hydrogen-bond donors (Lipinski definition) is 1. The van der Waals surface area contributed by atoms with Crippen LogP contribution in [0.15, 0.2) is 53.4 Å². The molecule has 3 rings (SSSR count). The van der Waals surface area contributed by atoms with Gasteiger partial charge in [-0.05, 0) is 44.2 Å². The Balaban J connectivity index is 1.69. The van der Waals surface area contributed by atoms with E-state index in [0.29, 0.717) is 11.4 Å². The zero-order valence-electron chi connectivity index (χ0n) is 17.0. The summed E-state index contributed by atoms with van der Waals surface area (Å²) in [4.78, 5) is 24.4. The molecule has 162 valence electrons. The SMILES string of the molecule is Cc1nn(-c2ccccc2)c(C)c1NC(=O)COC(=O)c1ccc(Cl)c(S(C)(=O)=O)c1. The summed E-state index contributed by atoms with van der Waals surface area (Å²) in [5.74, 6) is -1.39. The fourth-order valence-corrected chi connectivity index (χ4v) is 4.25. The lowest BCUT2D eigenvalue weighted by Gasteiger charge is -2.09. The summed E-state index contributed by atoms with van der Waals surface area (Å²) in [5.41, 5.74) is 2.67. The third-order valence-corrected chi connectivity index (χ3v) is 6.04. The normalized spacial score (nSPS) is 11.2. The van der Waals surface area contributed by atoms with E-state index in [1.165, 1.54) is 12.1 Å². The second-order valence-electron chi connectivity index (χ2n) is 6.83. The van der Waals surface area contributed by atoms with E-state index in [0.717, 1.165) is 23.7 Å². The van der Waals surface area contributed by atoms with E-state index in [2.05, 4.69) is 10.4 Å². The lowest BCUT2D eigenvalue weighted by atomic mass is 10.2. The van der Waals surface area contributed by atoms with E-state index in [-0.39, 0.29) is 15.5 Å². The number of sulfone groups is 1. The second kappa shape index (κ2) is 8.91. The Bertz CT molecular complexity index is 1250. The Morgan fingerprint density at radius 3 is 2.45 bits per heavy atom. The zero-order chi connectivity index (χ0) is 22.8. The van der Waals surface area contributed by atoms with Gasteiger partial charge in [-0.3, -0.25) is 4.79 Å². The van der Waals surface area contributed by atoms with Crippen LogP contribution in [0.1, 0.15) is 21.7 Å². The first kappa shape index (κ1) is 22.5. The number of halogens is 1. The number of aryl methyl sites for hydroxylation is 1. The number of carbonyl (C=O) groups is 2. The summed E-state index contributed by atoms with van der Waals surface area (Å²) in [7, 11) is -3.62. The van der Waals surface area contributed by atoms with Crippen LogP contribution in [-0.4, -0.2) is 42.9 Å². The Labute approximate surface area is 184 Å². The Morgan fingerprint density at radius 2 is 1.81 bits per heavy atom. The molecule has 0 aliphatic carbocycles. The van der Waals surface area contributed by atoms with Gasteiger partial charge >= 0.3 is 5.97 Å². The molecular formula is C21H20ClN3O5S. The van der Waals surface area contributed by atoms with Crippen molar-refractivity contribution in [1.82, 2.24) is 9.78 Å². The van der Waals surface area contributed by atoms with Crippen LogP contribution in [-0.2, 0) is 19.4 Å². The minimum absolute atomic E-state index is 0.00169. The number of carbonyl (C=O) groups excluding carboxylic acids is 2. The van der Waals surface area contributed by atoms with E-state index >= 15 is 0 Å². The number of rotatable bonds is 6. The molecule has 0 saturated heterocycles. The van der Waals surface area contributed by atoms with E-state index in [9.17, 15) is 18.0 Å². The molecule has 1 heterocycles. The van der Waals surface area contributed by atoms with Crippen molar-refractivity contribution < 1.29 is 22.7 Å². The van der Waals surface area contributed by atoms with E-state index in [1.54, 1.807) is 11.6 Å². The Hall–Kier alpha value is -3.17. The molecule has 0 atom stereocenters. The summed E-state index contributed by atoms with van der Waals surface area (Å²) in [6, 6.07) is 13.2. The highest BCUT2D eigenvalue weighted by Crippen LogP contribution is 2.24. The molecule has 0 aliphatic rings. The average molecular weight is 462 g/mol. The van der Waals surface area contributed by atoms with Crippen LogP contribution in [0, 0.1) is 13.8 Å². The number of anilines is 1. The highest BCUT2D eigenvalue weighted by atomic mass is 35.5. The molecule has 0 saturated carbocycles. The van der Waals surface area contributed by atoms with Crippen LogP contribution in [0.25, 0.3) is 5.69 Å². The van der Waals surface area contributed by atoms with Crippen LogP contribution in [0.3, 0.4) is 0 Å². The smallest absolute Gasteiger partial charge is 0.338 e. The van der Waals surface area contributed by atoms with Gasteiger partial charge in [-0.1, -0.05) is 29.8 Å². The first-order valence-electron chi connectivity index (χ1n) is 9.16. The number of ether oxygens (including phenoxy) is 1. The minimum Gasteiger partial charge on any atom is -0.452 e. The molecule has 31 heavy (non-hydrogen) atoms. The zero-order valence-corrected chi connectivity index (χ0v) is 18.6. The second-order valence-corrected chi connectivity index (χ2v) is 9.23. The summed E-state index contributed by atoms with van der Waals surface area (Å²) >= 11 is 5.88. The average Bonchev–Trinajstić information content (AvgIpc) is 3.00. The third-order valence-electron chi connectivity index (χ3n) is 4.46. The summed E-state index contributed by atoms with van der Waals surface area (Å²) in [6.07, 6.45) is 0.983. The molecule has 0 aliphatic heterocycles. The molecule has 0 radical (unpaired) electrons. The molecule has 1 amide bonds.